The lowest BCUT2D eigenvalue weighted by molar-refractivity contribution is 0.562. The number of fused-ring (bicyclic) bond motifs is 2. The van der Waals surface area contributed by atoms with Crippen LogP contribution < -0.4 is 21.1 Å². The van der Waals surface area contributed by atoms with Gasteiger partial charge in [-0.2, -0.15) is 0 Å². The summed E-state index contributed by atoms with van der Waals surface area (Å²) in [6.45, 7) is 11.8. The first kappa shape index (κ1) is 25.3. The van der Waals surface area contributed by atoms with E-state index in [-0.39, 0.29) is 0 Å². The van der Waals surface area contributed by atoms with E-state index in [4.69, 9.17) is 8.83 Å². The van der Waals surface area contributed by atoms with Gasteiger partial charge in [-0.3, -0.25) is 0 Å². The maximum Gasteiger partial charge on any atom is 0.345 e. The lowest BCUT2D eigenvalue weighted by Gasteiger charge is -2.21. The fourth-order valence-electron chi connectivity index (χ4n) is 4.86. The van der Waals surface area contributed by atoms with Gasteiger partial charge in [0.25, 0.3) is 0 Å². The molecule has 0 saturated carbocycles. The van der Waals surface area contributed by atoms with E-state index in [1.54, 1.807) is 30.3 Å². The van der Waals surface area contributed by atoms with Crippen LogP contribution in [0.2, 0.25) is 0 Å². The number of rotatable bonds is 8. The quantitative estimate of drug-likeness (QED) is 0.226. The molecule has 0 aliphatic rings. The Morgan fingerprint density at radius 1 is 0.605 bits per heavy atom. The topological polar surface area (TPSA) is 79.8 Å². The summed E-state index contributed by atoms with van der Waals surface area (Å²) >= 11 is 0. The second-order valence-electron chi connectivity index (χ2n) is 9.09. The van der Waals surface area contributed by atoms with Crippen LogP contribution in [0.15, 0.2) is 85.2 Å². The standard InChI is InChI=1S/C31H31N3O4/c1-5-33(6-2)22-14-12-20-16-24(30(35)37-28(20)18-22)26-10-9-11-27(32-26)25-17-21-13-15-23(34(7-3)8-4)19-29(21)38-31(25)36/h9-19H,5-8H2,1-4H3. The van der Waals surface area contributed by atoms with Crippen LogP contribution in [-0.4, -0.2) is 31.2 Å². The first-order chi connectivity index (χ1) is 18.4. The van der Waals surface area contributed by atoms with E-state index in [2.05, 4.69) is 42.5 Å². The van der Waals surface area contributed by atoms with Gasteiger partial charge in [-0.15, -0.1) is 0 Å². The molecule has 0 spiro atoms. The minimum absolute atomic E-state index is 0.337. The van der Waals surface area contributed by atoms with Gasteiger partial charge in [0.05, 0.1) is 22.5 Å². The average Bonchev–Trinajstić information content (AvgIpc) is 2.93. The smallest absolute Gasteiger partial charge is 0.345 e. The lowest BCUT2D eigenvalue weighted by atomic mass is 10.1. The van der Waals surface area contributed by atoms with Crippen LogP contribution in [0.5, 0.6) is 0 Å². The van der Waals surface area contributed by atoms with Crippen LogP contribution in [-0.2, 0) is 0 Å². The van der Waals surface area contributed by atoms with Crippen molar-refractivity contribution in [2.24, 2.45) is 0 Å². The van der Waals surface area contributed by atoms with Gasteiger partial charge in [0.1, 0.15) is 11.2 Å². The minimum Gasteiger partial charge on any atom is -0.422 e. The van der Waals surface area contributed by atoms with Crippen molar-refractivity contribution in [1.82, 2.24) is 4.98 Å². The third kappa shape index (κ3) is 4.67. The molecule has 0 amide bonds. The number of hydrogen-bond acceptors (Lipinski definition) is 7. The molecule has 5 rings (SSSR count). The van der Waals surface area contributed by atoms with Crippen LogP contribution in [0.3, 0.4) is 0 Å². The van der Waals surface area contributed by atoms with Crippen LogP contribution >= 0.6 is 0 Å². The van der Waals surface area contributed by atoms with Crippen LogP contribution in [0, 0.1) is 0 Å². The molecule has 3 heterocycles. The van der Waals surface area contributed by atoms with Gasteiger partial charge in [0.2, 0.25) is 0 Å². The number of anilines is 2. The summed E-state index contributed by atoms with van der Waals surface area (Å²) in [4.78, 5) is 35.0. The van der Waals surface area contributed by atoms with Gasteiger partial charge in [0, 0.05) is 60.5 Å². The molecule has 5 aromatic rings. The summed E-state index contributed by atoms with van der Waals surface area (Å²) in [5, 5.41) is 1.61. The molecule has 3 aromatic heterocycles. The summed E-state index contributed by atoms with van der Waals surface area (Å²) in [7, 11) is 0. The van der Waals surface area contributed by atoms with Crippen molar-refractivity contribution in [3.05, 3.63) is 87.6 Å². The van der Waals surface area contributed by atoms with E-state index in [0.717, 1.165) is 48.3 Å². The molecule has 0 unspecified atom stereocenters. The zero-order valence-corrected chi connectivity index (χ0v) is 22.2. The Labute approximate surface area is 221 Å². The number of benzene rings is 2. The van der Waals surface area contributed by atoms with Gasteiger partial charge >= 0.3 is 11.3 Å². The molecular weight excluding hydrogens is 478 g/mol. The van der Waals surface area contributed by atoms with E-state index < -0.39 is 11.3 Å². The maximum atomic E-state index is 13.0. The van der Waals surface area contributed by atoms with Crippen molar-refractivity contribution in [2.75, 3.05) is 36.0 Å². The van der Waals surface area contributed by atoms with Crippen molar-refractivity contribution in [2.45, 2.75) is 27.7 Å². The Morgan fingerprint density at radius 2 is 1.03 bits per heavy atom. The van der Waals surface area contributed by atoms with Crippen LogP contribution in [0.25, 0.3) is 44.5 Å². The molecular formula is C31H31N3O4. The van der Waals surface area contributed by atoms with Crippen molar-refractivity contribution >= 4 is 33.3 Å². The minimum atomic E-state index is -0.478. The zero-order valence-electron chi connectivity index (χ0n) is 22.2. The number of hydrogen-bond donors (Lipinski definition) is 0. The first-order valence-electron chi connectivity index (χ1n) is 13.1. The molecule has 38 heavy (non-hydrogen) atoms. The highest BCUT2D eigenvalue weighted by atomic mass is 16.4. The summed E-state index contributed by atoms with van der Waals surface area (Å²) in [5.74, 6) is 0. The first-order valence-corrected chi connectivity index (χ1v) is 13.1. The Balaban J connectivity index is 1.54. The van der Waals surface area contributed by atoms with E-state index in [0.29, 0.717) is 33.7 Å². The van der Waals surface area contributed by atoms with Crippen molar-refractivity contribution in [3.8, 4) is 22.5 Å². The molecule has 194 valence electrons. The summed E-state index contributed by atoms with van der Waals surface area (Å²) in [6.07, 6.45) is 0. The van der Waals surface area contributed by atoms with Crippen LogP contribution in [0.1, 0.15) is 27.7 Å². The molecule has 0 saturated heterocycles. The van der Waals surface area contributed by atoms with Gasteiger partial charge in [-0.25, -0.2) is 14.6 Å². The monoisotopic (exact) mass is 509 g/mol. The fourth-order valence-corrected chi connectivity index (χ4v) is 4.86. The molecule has 0 bridgehead atoms. The molecule has 0 N–H and O–H groups in total. The van der Waals surface area contributed by atoms with Gasteiger partial charge in [0.15, 0.2) is 0 Å². The normalized spacial score (nSPS) is 11.3. The predicted octanol–water partition coefficient (Wildman–Crippen LogP) is 6.32. The van der Waals surface area contributed by atoms with Crippen molar-refractivity contribution < 1.29 is 8.83 Å². The highest BCUT2D eigenvalue weighted by Gasteiger charge is 2.15. The Kier molecular flexibility index (Phi) is 7.01. The second-order valence-corrected chi connectivity index (χ2v) is 9.09. The third-order valence-corrected chi connectivity index (χ3v) is 7.00. The molecule has 0 atom stereocenters. The molecule has 7 nitrogen and oxygen atoms in total. The summed E-state index contributed by atoms with van der Waals surface area (Å²) in [6, 6.07) is 20.6. The summed E-state index contributed by atoms with van der Waals surface area (Å²) in [5.41, 5.74) is 3.65. The number of pyridine rings is 1. The fraction of sp³-hybridized carbons (Fsp3) is 0.258. The Bertz CT molecular complexity index is 1610. The average molecular weight is 510 g/mol. The van der Waals surface area contributed by atoms with Gasteiger partial charge in [-0.1, -0.05) is 6.07 Å². The third-order valence-electron chi connectivity index (χ3n) is 7.00. The van der Waals surface area contributed by atoms with Crippen molar-refractivity contribution in [1.29, 1.82) is 0 Å². The van der Waals surface area contributed by atoms with E-state index >= 15 is 0 Å². The van der Waals surface area contributed by atoms with Gasteiger partial charge < -0.3 is 18.6 Å². The van der Waals surface area contributed by atoms with Crippen LogP contribution in [0.4, 0.5) is 11.4 Å². The predicted molar refractivity (Wildman–Crippen MR) is 154 cm³/mol. The Hall–Kier alpha value is -4.39. The SMILES string of the molecule is CCN(CC)c1ccc2cc(-c3cccc(-c4cc5ccc(N(CC)CC)cc5oc4=O)n3)c(=O)oc2c1. The molecule has 0 fully saturated rings. The largest absolute Gasteiger partial charge is 0.422 e. The second kappa shape index (κ2) is 10.5. The summed E-state index contributed by atoms with van der Waals surface area (Å²) < 4.78 is 11.4. The molecule has 0 aliphatic heterocycles. The van der Waals surface area contributed by atoms with Crippen molar-refractivity contribution in [3.63, 3.8) is 0 Å². The lowest BCUT2D eigenvalue weighted by Crippen LogP contribution is -2.21. The zero-order chi connectivity index (χ0) is 26.8. The molecule has 0 radical (unpaired) electrons. The Morgan fingerprint density at radius 3 is 1.42 bits per heavy atom. The maximum absolute atomic E-state index is 13.0. The highest BCUT2D eigenvalue weighted by Crippen LogP contribution is 2.28. The number of nitrogens with zero attached hydrogens (tertiary/aromatic N) is 3. The molecule has 2 aromatic carbocycles. The van der Waals surface area contributed by atoms with E-state index in [9.17, 15) is 9.59 Å². The molecule has 0 aliphatic carbocycles. The highest BCUT2D eigenvalue weighted by molar-refractivity contribution is 5.86. The van der Waals surface area contributed by atoms with E-state index in [1.807, 2.05) is 36.4 Å². The number of aromatic nitrogens is 1. The molecule has 7 heteroatoms. The van der Waals surface area contributed by atoms with Gasteiger partial charge in [-0.05, 0) is 76.2 Å². The van der Waals surface area contributed by atoms with E-state index in [1.165, 1.54) is 0 Å².